The van der Waals surface area contributed by atoms with Gasteiger partial charge >= 0.3 is 0 Å². The number of nitrogens with zero attached hydrogens (tertiary/aromatic N) is 2. The first-order valence-electron chi connectivity index (χ1n) is 6.28. The van der Waals surface area contributed by atoms with Crippen LogP contribution >= 0.6 is 15.9 Å². The minimum Gasteiger partial charge on any atom is -0.383 e. The van der Waals surface area contributed by atoms with E-state index in [0.29, 0.717) is 18.2 Å². The normalized spacial score (nSPS) is 12.4. The zero-order valence-electron chi connectivity index (χ0n) is 11.7. The predicted octanol–water partition coefficient (Wildman–Crippen LogP) is 3.53. The molecular formula is C14H17BrFN3O. The van der Waals surface area contributed by atoms with E-state index < -0.39 is 0 Å². The van der Waals surface area contributed by atoms with Crippen LogP contribution in [-0.2, 0) is 4.74 Å². The number of aromatic nitrogens is 2. The average molecular weight is 342 g/mol. The molecule has 0 aliphatic rings. The van der Waals surface area contributed by atoms with E-state index in [1.54, 1.807) is 30.0 Å². The first kappa shape index (κ1) is 15.0. The van der Waals surface area contributed by atoms with E-state index in [9.17, 15) is 4.39 Å². The fourth-order valence-corrected chi connectivity index (χ4v) is 2.31. The first-order valence-corrected chi connectivity index (χ1v) is 7.07. The maximum absolute atomic E-state index is 14.0. The Morgan fingerprint density at radius 2 is 2.25 bits per heavy atom. The summed E-state index contributed by atoms with van der Waals surface area (Å²) in [5.41, 5.74) is 1.27. The number of hydrogen-bond donors (Lipinski definition) is 1. The maximum Gasteiger partial charge on any atom is 0.208 e. The van der Waals surface area contributed by atoms with Gasteiger partial charge in [0, 0.05) is 23.8 Å². The van der Waals surface area contributed by atoms with E-state index >= 15 is 0 Å². The highest BCUT2D eigenvalue weighted by molar-refractivity contribution is 9.10. The van der Waals surface area contributed by atoms with Gasteiger partial charge in [-0.2, -0.15) is 0 Å². The average Bonchev–Trinajstić information content (AvgIpc) is 2.73. The topological polar surface area (TPSA) is 39.1 Å². The Bertz CT molecular complexity index is 600. The van der Waals surface area contributed by atoms with Crippen LogP contribution in [0.2, 0.25) is 0 Å². The van der Waals surface area contributed by atoms with Crippen molar-refractivity contribution in [1.29, 1.82) is 0 Å². The van der Waals surface area contributed by atoms with Gasteiger partial charge in [-0.05, 0) is 32.0 Å². The van der Waals surface area contributed by atoms with E-state index in [2.05, 4.69) is 26.2 Å². The van der Waals surface area contributed by atoms with Crippen LogP contribution < -0.4 is 5.32 Å². The molecule has 1 aromatic heterocycles. The van der Waals surface area contributed by atoms with Gasteiger partial charge in [0.25, 0.3) is 0 Å². The molecule has 0 fully saturated rings. The lowest BCUT2D eigenvalue weighted by Gasteiger charge is -2.15. The molecule has 2 aromatic rings. The number of hydrogen-bond acceptors (Lipinski definition) is 3. The number of aryl methyl sites for hydroxylation is 1. The number of rotatable bonds is 5. The minimum atomic E-state index is -0.298. The van der Waals surface area contributed by atoms with Crippen molar-refractivity contribution in [3.8, 4) is 5.69 Å². The van der Waals surface area contributed by atoms with Gasteiger partial charge in [-0.25, -0.2) is 9.37 Å². The molecule has 0 saturated carbocycles. The Morgan fingerprint density at radius 3 is 2.95 bits per heavy atom. The van der Waals surface area contributed by atoms with Crippen LogP contribution in [0.4, 0.5) is 10.3 Å². The molecule has 1 heterocycles. The van der Waals surface area contributed by atoms with Crippen LogP contribution in [0.1, 0.15) is 12.6 Å². The van der Waals surface area contributed by atoms with Gasteiger partial charge in [-0.15, -0.1) is 0 Å². The Hall–Kier alpha value is -1.40. The lowest BCUT2D eigenvalue weighted by atomic mass is 10.3. The fourth-order valence-electron chi connectivity index (χ4n) is 1.97. The molecule has 0 amide bonds. The third-order valence-electron chi connectivity index (χ3n) is 2.79. The zero-order valence-corrected chi connectivity index (χ0v) is 13.2. The monoisotopic (exact) mass is 341 g/mol. The lowest BCUT2D eigenvalue weighted by Crippen LogP contribution is -2.23. The fraction of sp³-hybridized carbons (Fsp3) is 0.357. The van der Waals surface area contributed by atoms with Crippen molar-refractivity contribution in [2.45, 2.75) is 19.9 Å². The zero-order chi connectivity index (χ0) is 14.7. The molecule has 2 rings (SSSR count). The van der Waals surface area contributed by atoms with Crippen molar-refractivity contribution >= 4 is 21.9 Å². The molecule has 6 heteroatoms. The summed E-state index contributed by atoms with van der Waals surface area (Å²) in [7, 11) is 1.64. The number of methoxy groups -OCH3 is 1. The highest BCUT2D eigenvalue weighted by Gasteiger charge is 2.13. The van der Waals surface area contributed by atoms with Crippen molar-refractivity contribution < 1.29 is 9.13 Å². The Balaban J connectivity index is 2.38. The quantitative estimate of drug-likeness (QED) is 0.904. The highest BCUT2D eigenvalue weighted by atomic mass is 79.9. The summed E-state index contributed by atoms with van der Waals surface area (Å²) < 4.78 is 21.6. The molecule has 1 atom stereocenters. The van der Waals surface area contributed by atoms with E-state index in [1.165, 1.54) is 6.07 Å². The van der Waals surface area contributed by atoms with Crippen LogP contribution in [-0.4, -0.2) is 29.3 Å². The minimum absolute atomic E-state index is 0.0794. The molecule has 0 radical (unpaired) electrons. The molecule has 1 unspecified atom stereocenters. The molecule has 0 bridgehead atoms. The molecule has 4 nitrogen and oxygen atoms in total. The van der Waals surface area contributed by atoms with E-state index in [4.69, 9.17) is 4.74 Å². The summed E-state index contributed by atoms with van der Waals surface area (Å²) in [6, 6.07) is 4.90. The number of nitrogens with one attached hydrogen (secondary N) is 1. The van der Waals surface area contributed by atoms with Gasteiger partial charge in [0.05, 0.1) is 18.0 Å². The van der Waals surface area contributed by atoms with Gasteiger partial charge in [0.15, 0.2) is 0 Å². The molecule has 0 saturated heterocycles. The van der Waals surface area contributed by atoms with E-state index in [-0.39, 0.29) is 11.9 Å². The van der Waals surface area contributed by atoms with Crippen LogP contribution in [0, 0.1) is 12.7 Å². The second-order valence-electron chi connectivity index (χ2n) is 4.67. The SMILES string of the molecule is COCC(C)Nc1nc(C)cn1-c1cc(Br)ccc1F. The number of imidazole rings is 1. The van der Waals surface area contributed by atoms with Gasteiger partial charge in [0.1, 0.15) is 5.82 Å². The second-order valence-corrected chi connectivity index (χ2v) is 5.59. The van der Waals surface area contributed by atoms with E-state index in [0.717, 1.165) is 10.2 Å². The summed E-state index contributed by atoms with van der Waals surface area (Å²) >= 11 is 3.36. The summed E-state index contributed by atoms with van der Waals surface area (Å²) in [4.78, 5) is 4.39. The second kappa shape index (κ2) is 6.37. The van der Waals surface area contributed by atoms with Crippen molar-refractivity contribution in [3.63, 3.8) is 0 Å². The highest BCUT2D eigenvalue weighted by Crippen LogP contribution is 2.23. The molecular weight excluding hydrogens is 325 g/mol. The third kappa shape index (κ3) is 3.37. The standard InChI is InChI=1S/C14H17BrFN3O/c1-9-7-19(13-6-11(15)4-5-12(13)16)14(17-9)18-10(2)8-20-3/h4-7,10H,8H2,1-3H3,(H,17,18). The Morgan fingerprint density at radius 1 is 1.50 bits per heavy atom. The number of halogens is 2. The van der Waals surface area contributed by atoms with Crippen LogP contribution in [0.25, 0.3) is 5.69 Å². The third-order valence-corrected chi connectivity index (χ3v) is 3.28. The van der Waals surface area contributed by atoms with Crippen LogP contribution in [0.15, 0.2) is 28.9 Å². The molecule has 1 N–H and O–H groups in total. The summed E-state index contributed by atoms with van der Waals surface area (Å²) in [5.74, 6) is 0.303. The molecule has 0 spiro atoms. The molecule has 1 aromatic carbocycles. The largest absolute Gasteiger partial charge is 0.383 e. The summed E-state index contributed by atoms with van der Waals surface area (Å²) in [5, 5.41) is 3.22. The Labute approximate surface area is 126 Å². The molecule has 108 valence electrons. The van der Waals surface area contributed by atoms with Gasteiger partial charge in [0.2, 0.25) is 5.95 Å². The smallest absolute Gasteiger partial charge is 0.208 e. The lowest BCUT2D eigenvalue weighted by molar-refractivity contribution is 0.190. The molecule has 0 aliphatic heterocycles. The van der Waals surface area contributed by atoms with Crippen molar-refractivity contribution in [3.05, 3.63) is 40.4 Å². The molecule has 0 aliphatic carbocycles. The predicted molar refractivity (Wildman–Crippen MR) is 80.9 cm³/mol. The van der Waals surface area contributed by atoms with Gasteiger partial charge in [-0.1, -0.05) is 15.9 Å². The molecule has 20 heavy (non-hydrogen) atoms. The summed E-state index contributed by atoms with van der Waals surface area (Å²) in [6.07, 6.45) is 1.80. The first-order chi connectivity index (χ1) is 9.51. The summed E-state index contributed by atoms with van der Waals surface area (Å²) in [6.45, 7) is 4.40. The van der Waals surface area contributed by atoms with Gasteiger partial charge in [-0.3, -0.25) is 4.57 Å². The van der Waals surface area contributed by atoms with Crippen molar-refractivity contribution in [2.75, 3.05) is 19.0 Å². The van der Waals surface area contributed by atoms with Crippen LogP contribution in [0.3, 0.4) is 0 Å². The number of anilines is 1. The number of ether oxygens (including phenoxy) is 1. The van der Waals surface area contributed by atoms with Gasteiger partial charge < -0.3 is 10.1 Å². The number of benzene rings is 1. The van der Waals surface area contributed by atoms with Crippen molar-refractivity contribution in [1.82, 2.24) is 9.55 Å². The van der Waals surface area contributed by atoms with E-state index in [1.807, 2.05) is 13.8 Å². The van der Waals surface area contributed by atoms with Crippen LogP contribution in [0.5, 0.6) is 0 Å². The Kier molecular flexibility index (Phi) is 4.77. The maximum atomic E-state index is 14.0. The van der Waals surface area contributed by atoms with Crippen molar-refractivity contribution in [2.24, 2.45) is 0 Å².